The Morgan fingerprint density at radius 1 is 1.03 bits per heavy atom. The Labute approximate surface area is 178 Å². The van der Waals surface area contributed by atoms with Crippen molar-refractivity contribution in [1.29, 1.82) is 0 Å². The molecule has 6 nitrogen and oxygen atoms in total. The maximum atomic E-state index is 12.7. The Morgan fingerprint density at radius 3 is 2.40 bits per heavy atom. The number of piperidine rings is 1. The molecule has 6 heteroatoms. The van der Waals surface area contributed by atoms with Gasteiger partial charge in [0.1, 0.15) is 0 Å². The van der Waals surface area contributed by atoms with Gasteiger partial charge in [0.25, 0.3) is 5.91 Å². The van der Waals surface area contributed by atoms with Crippen molar-refractivity contribution in [2.45, 2.75) is 46.1 Å². The smallest absolute Gasteiger partial charge is 0.251 e. The highest BCUT2D eigenvalue weighted by Gasteiger charge is 2.20. The van der Waals surface area contributed by atoms with Gasteiger partial charge >= 0.3 is 0 Å². The summed E-state index contributed by atoms with van der Waals surface area (Å²) in [5.74, 6) is 1.36. The standard InChI is InChI=1S/C24H30N2O4/c1-4-29-21-14-11-19(16-22(21)30-5-2)17(3)25-24(28)18-9-12-20(13-10-18)26-15-7-6-8-23(26)27/h9-14,16-17H,4-8,15H2,1-3H3,(H,25,28). The molecule has 0 radical (unpaired) electrons. The van der Waals surface area contributed by atoms with Crippen molar-refractivity contribution in [2.24, 2.45) is 0 Å². The molecule has 1 aliphatic rings. The van der Waals surface area contributed by atoms with Crippen molar-refractivity contribution in [3.05, 3.63) is 53.6 Å². The third kappa shape index (κ3) is 5.12. The van der Waals surface area contributed by atoms with Crippen LogP contribution in [0.3, 0.4) is 0 Å². The summed E-state index contributed by atoms with van der Waals surface area (Å²) in [5.41, 5.74) is 2.34. The topological polar surface area (TPSA) is 67.9 Å². The van der Waals surface area contributed by atoms with E-state index in [4.69, 9.17) is 9.47 Å². The van der Waals surface area contributed by atoms with Crippen molar-refractivity contribution in [1.82, 2.24) is 5.32 Å². The van der Waals surface area contributed by atoms with Crippen LogP contribution in [0.5, 0.6) is 11.5 Å². The highest BCUT2D eigenvalue weighted by atomic mass is 16.5. The van der Waals surface area contributed by atoms with Gasteiger partial charge in [-0.25, -0.2) is 0 Å². The third-order valence-corrected chi connectivity index (χ3v) is 5.18. The molecule has 30 heavy (non-hydrogen) atoms. The molecule has 2 amide bonds. The van der Waals surface area contributed by atoms with E-state index in [0.717, 1.165) is 30.6 Å². The van der Waals surface area contributed by atoms with E-state index in [1.807, 2.05) is 51.1 Å². The summed E-state index contributed by atoms with van der Waals surface area (Å²) in [6.07, 6.45) is 2.55. The minimum atomic E-state index is -0.198. The number of carbonyl (C=O) groups is 2. The molecule has 0 bridgehead atoms. The quantitative estimate of drug-likeness (QED) is 0.696. The normalized spacial score (nSPS) is 14.9. The summed E-state index contributed by atoms with van der Waals surface area (Å²) in [6.45, 7) is 7.62. The van der Waals surface area contributed by atoms with E-state index in [0.29, 0.717) is 36.7 Å². The second kappa shape index (κ2) is 10.1. The maximum absolute atomic E-state index is 12.7. The monoisotopic (exact) mass is 410 g/mol. The summed E-state index contributed by atoms with van der Waals surface area (Å²) < 4.78 is 11.3. The predicted octanol–water partition coefficient (Wildman–Crippen LogP) is 4.49. The first-order valence-corrected chi connectivity index (χ1v) is 10.6. The van der Waals surface area contributed by atoms with Gasteiger partial charge in [-0.2, -0.15) is 0 Å². The highest BCUT2D eigenvalue weighted by Crippen LogP contribution is 2.31. The lowest BCUT2D eigenvalue weighted by Gasteiger charge is -2.26. The SMILES string of the molecule is CCOc1ccc(C(C)NC(=O)c2ccc(N3CCCCC3=O)cc2)cc1OCC. The largest absolute Gasteiger partial charge is 0.490 e. The maximum Gasteiger partial charge on any atom is 0.251 e. The fourth-order valence-electron chi connectivity index (χ4n) is 3.57. The number of anilines is 1. The van der Waals surface area contributed by atoms with Crippen LogP contribution in [0.4, 0.5) is 5.69 Å². The van der Waals surface area contributed by atoms with Crippen molar-refractivity contribution in [3.63, 3.8) is 0 Å². The van der Waals surface area contributed by atoms with Crippen LogP contribution in [-0.2, 0) is 4.79 Å². The average Bonchev–Trinajstić information content (AvgIpc) is 2.75. The van der Waals surface area contributed by atoms with Gasteiger partial charge in [0.15, 0.2) is 11.5 Å². The first kappa shape index (κ1) is 21.7. The van der Waals surface area contributed by atoms with E-state index >= 15 is 0 Å². The van der Waals surface area contributed by atoms with Gasteiger partial charge in [-0.1, -0.05) is 6.07 Å². The van der Waals surface area contributed by atoms with E-state index < -0.39 is 0 Å². The molecule has 1 fully saturated rings. The Kier molecular flexibility index (Phi) is 7.33. The molecule has 1 aliphatic heterocycles. The number of hydrogen-bond donors (Lipinski definition) is 1. The Balaban J connectivity index is 1.68. The lowest BCUT2D eigenvalue weighted by Crippen LogP contribution is -2.35. The van der Waals surface area contributed by atoms with E-state index in [2.05, 4.69) is 5.32 Å². The average molecular weight is 411 g/mol. The first-order valence-electron chi connectivity index (χ1n) is 10.6. The Hall–Kier alpha value is -3.02. The van der Waals surface area contributed by atoms with Crippen molar-refractivity contribution >= 4 is 17.5 Å². The lowest BCUT2D eigenvalue weighted by atomic mass is 10.1. The molecular formula is C24H30N2O4. The Morgan fingerprint density at radius 2 is 1.73 bits per heavy atom. The number of ether oxygens (including phenoxy) is 2. The molecule has 1 saturated heterocycles. The van der Waals surface area contributed by atoms with E-state index in [-0.39, 0.29) is 17.9 Å². The summed E-state index contributed by atoms with van der Waals surface area (Å²) in [6, 6.07) is 12.7. The van der Waals surface area contributed by atoms with E-state index in [1.54, 1.807) is 17.0 Å². The number of amides is 2. The van der Waals surface area contributed by atoms with E-state index in [9.17, 15) is 9.59 Å². The van der Waals surface area contributed by atoms with Gasteiger partial charge < -0.3 is 19.7 Å². The number of benzene rings is 2. The van der Waals surface area contributed by atoms with Crippen LogP contribution in [0.1, 0.15) is 62.0 Å². The van der Waals surface area contributed by atoms with Gasteiger partial charge in [-0.15, -0.1) is 0 Å². The summed E-state index contributed by atoms with van der Waals surface area (Å²) in [4.78, 5) is 26.6. The molecule has 2 aromatic carbocycles. The van der Waals surface area contributed by atoms with Crippen molar-refractivity contribution in [2.75, 3.05) is 24.7 Å². The van der Waals surface area contributed by atoms with Crippen LogP contribution >= 0.6 is 0 Å². The molecule has 1 N–H and O–H groups in total. The summed E-state index contributed by atoms with van der Waals surface area (Å²) in [7, 11) is 0. The van der Waals surface area contributed by atoms with Crippen LogP contribution in [-0.4, -0.2) is 31.6 Å². The molecule has 3 rings (SSSR count). The lowest BCUT2D eigenvalue weighted by molar-refractivity contribution is -0.119. The number of hydrogen-bond acceptors (Lipinski definition) is 4. The predicted molar refractivity (Wildman–Crippen MR) is 117 cm³/mol. The summed E-state index contributed by atoms with van der Waals surface area (Å²) in [5, 5.41) is 3.03. The minimum absolute atomic E-state index is 0.146. The number of carbonyl (C=O) groups excluding carboxylic acids is 2. The van der Waals surface area contributed by atoms with Crippen LogP contribution in [0, 0.1) is 0 Å². The number of rotatable bonds is 8. The van der Waals surface area contributed by atoms with Gasteiger partial charge in [-0.3, -0.25) is 9.59 Å². The molecule has 0 saturated carbocycles. The van der Waals surface area contributed by atoms with E-state index in [1.165, 1.54) is 0 Å². The zero-order valence-corrected chi connectivity index (χ0v) is 17.9. The van der Waals surface area contributed by atoms with Gasteiger partial charge in [0.2, 0.25) is 5.91 Å². The first-order chi connectivity index (χ1) is 14.5. The highest BCUT2D eigenvalue weighted by molar-refractivity contribution is 5.97. The molecule has 160 valence electrons. The van der Waals surface area contributed by atoms with Crippen molar-refractivity contribution < 1.29 is 19.1 Å². The van der Waals surface area contributed by atoms with Crippen LogP contribution in [0.25, 0.3) is 0 Å². The third-order valence-electron chi connectivity index (χ3n) is 5.18. The molecular weight excluding hydrogens is 380 g/mol. The molecule has 0 aromatic heterocycles. The molecule has 1 atom stereocenters. The molecule has 0 aliphatic carbocycles. The second-order valence-corrected chi connectivity index (χ2v) is 7.32. The second-order valence-electron chi connectivity index (χ2n) is 7.32. The molecule has 1 heterocycles. The van der Waals surface area contributed by atoms with Crippen LogP contribution < -0.4 is 19.7 Å². The fraction of sp³-hybridized carbons (Fsp3) is 0.417. The van der Waals surface area contributed by atoms with Crippen LogP contribution in [0.15, 0.2) is 42.5 Å². The Bertz CT molecular complexity index is 879. The summed E-state index contributed by atoms with van der Waals surface area (Å²) >= 11 is 0. The van der Waals surface area contributed by atoms with Gasteiger partial charge in [-0.05, 0) is 75.6 Å². The number of nitrogens with one attached hydrogen (secondary N) is 1. The molecule has 2 aromatic rings. The minimum Gasteiger partial charge on any atom is -0.490 e. The van der Waals surface area contributed by atoms with Gasteiger partial charge in [0, 0.05) is 24.2 Å². The zero-order chi connectivity index (χ0) is 21.5. The number of nitrogens with zero attached hydrogens (tertiary/aromatic N) is 1. The molecule has 0 spiro atoms. The van der Waals surface area contributed by atoms with Crippen molar-refractivity contribution in [3.8, 4) is 11.5 Å². The van der Waals surface area contributed by atoms with Crippen LogP contribution in [0.2, 0.25) is 0 Å². The molecule has 1 unspecified atom stereocenters. The van der Waals surface area contributed by atoms with Gasteiger partial charge in [0.05, 0.1) is 19.3 Å². The zero-order valence-electron chi connectivity index (χ0n) is 17.9. The fourth-order valence-corrected chi connectivity index (χ4v) is 3.57.